The van der Waals surface area contributed by atoms with E-state index < -0.39 is 10.8 Å². The minimum Gasteiger partial charge on any atom is -0.394 e. The van der Waals surface area contributed by atoms with Gasteiger partial charge in [0.25, 0.3) is 0 Å². The number of anilines is 2. The highest BCUT2D eigenvalue weighted by Gasteiger charge is 2.43. The first kappa shape index (κ1) is 21.8. The maximum Gasteiger partial charge on any atom is 0.227 e. The van der Waals surface area contributed by atoms with Crippen molar-refractivity contribution < 1.29 is 9.32 Å². The molecule has 2 saturated carbocycles. The van der Waals surface area contributed by atoms with Crippen molar-refractivity contribution in [2.75, 3.05) is 35.7 Å². The summed E-state index contributed by atoms with van der Waals surface area (Å²) in [5.74, 6) is 4.01. The Balaban J connectivity index is 1.24. The Kier molecular flexibility index (Phi) is 5.62. The van der Waals surface area contributed by atoms with Crippen LogP contribution < -0.4 is 10.2 Å². The molecular formula is C25H31ClN4O2S. The van der Waals surface area contributed by atoms with Gasteiger partial charge in [0, 0.05) is 23.9 Å². The summed E-state index contributed by atoms with van der Waals surface area (Å²) in [6.07, 6.45) is 7.06. The second kappa shape index (κ2) is 8.51. The first-order valence-corrected chi connectivity index (χ1v) is 13.9. The highest BCUT2D eigenvalue weighted by Crippen LogP contribution is 2.47. The zero-order valence-electron chi connectivity index (χ0n) is 18.8. The lowest BCUT2D eigenvalue weighted by atomic mass is 9.77. The molecule has 176 valence electrons. The summed E-state index contributed by atoms with van der Waals surface area (Å²) in [6, 6.07) is 8.35. The highest BCUT2D eigenvalue weighted by atomic mass is 35.5. The average Bonchev–Trinajstić information content (AvgIpc) is 3.36. The molecule has 1 aromatic carbocycles. The molecule has 0 spiro atoms. The number of nitrogens with zero attached hydrogens (tertiary/aromatic N) is 3. The van der Waals surface area contributed by atoms with Crippen molar-refractivity contribution in [1.29, 1.82) is 0 Å². The number of aromatic nitrogens is 2. The summed E-state index contributed by atoms with van der Waals surface area (Å²) in [6.45, 7) is 2.02. The number of halogens is 1. The molecule has 4 aliphatic rings. The molecule has 1 saturated heterocycles. The minimum absolute atomic E-state index is 0.0771. The van der Waals surface area contributed by atoms with Gasteiger partial charge >= 0.3 is 0 Å². The lowest BCUT2D eigenvalue weighted by Crippen LogP contribution is -2.49. The fourth-order valence-corrected chi connectivity index (χ4v) is 7.70. The molecule has 33 heavy (non-hydrogen) atoms. The topological polar surface area (TPSA) is 78.4 Å². The SMILES string of the molecule is O=[S@]1CCCc2nc(N3CC4CC(c5ccc(Cl)cc5)CC4C3)nc(NC3(CO)CCC3)c21. The summed E-state index contributed by atoms with van der Waals surface area (Å²) in [5, 5.41) is 14.3. The average molecular weight is 487 g/mol. The van der Waals surface area contributed by atoms with Crippen molar-refractivity contribution in [2.24, 2.45) is 11.8 Å². The van der Waals surface area contributed by atoms with Gasteiger partial charge in [-0.1, -0.05) is 23.7 Å². The van der Waals surface area contributed by atoms with Crippen LogP contribution in [0.25, 0.3) is 0 Å². The Morgan fingerprint density at radius 1 is 1.12 bits per heavy atom. The van der Waals surface area contributed by atoms with Gasteiger partial charge in [-0.15, -0.1) is 0 Å². The monoisotopic (exact) mass is 486 g/mol. The van der Waals surface area contributed by atoms with Crippen LogP contribution in [0.1, 0.15) is 55.7 Å². The van der Waals surface area contributed by atoms with Crippen LogP contribution in [-0.2, 0) is 17.2 Å². The van der Waals surface area contributed by atoms with E-state index >= 15 is 0 Å². The molecule has 2 unspecified atom stereocenters. The first-order valence-electron chi connectivity index (χ1n) is 12.2. The zero-order valence-corrected chi connectivity index (χ0v) is 20.4. The number of aliphatic hydroxyl groups is 1. The molecule has 8 heteroatoms. The third-order valence-electron chi connectivity index (χ3n) is 8.27. The Morgan fingerprint density at radius 3 is 2.48 bits per heavy atom. The molecule has 2 N–H and O–H groups in total. The number of hydrogen-bond acceptors (Lipinski definition) is 6. The first-order chi connectivity index (χ1) is 16.0. The van der Waals surface area contributed by atoms with E-state index in [4.69, 9.17) is 21.6 Å². The van der Waals surface area contributed by atoms with Crippen molar-refractivity contribution >= 4 is 34.2 Å². The van der Waals surface area contributed by atoms with Crippen LogP contribution in [0.5, 0.6) is 0 Å². The molecule has 2 aliphatic heterocycles. The van der Waals surface area contributed by atoms with Gasteiger partial charge in [-0.25, -0.2) is 4.98 Å². The summed E-state index contributed by atoms with van der Waals surface area (Å²) >= 11 is 6.08. The van der Waals surface area contributed by atoms with Crippen LogP contribution in [0.2, 0.25) is 5.02 Å². The van der Waals surface area contributed by atoms with Crippen LogP contribution >= 0.6 is 11.6 Å². The van der Waals surface area contributed by atoms with Gasteiger partial charge in [-0.05, 0) is 80.4 Å². The molecule has 0 bridgehead atoms. The van der Waals surface area contributed by atoms with Gasteiger partial charge in [-0.3, -0.25) is 4.21 Å². The number of hydrogen-bond donors (Lipinski definition) is 2. The number of aliphatic hydroxyl groups excluding tert-OH is 1. The van der Waals surface area contributed by atoms with E-state index in [1.165, 1.54) is 18.4 Å². The molecule has 2 aliphatic carbocycles. The lowest BCUT2D eigenvalue weighted by Gasteiger charge is -2.42. The van der Waals surface area contributed by atoms with Crippen molar-refractivity contribution in [2.45, 2.75) is 61.3 Å². The largest absolute Gasteiger partial charge is 0.394 e. The molecule has 1 aromatic heterocycles. The van der Waals surface area contributed by atoms with Crippen molar-refractivity contribution in [3.63, 3.8) is 0 Å². The molecular weight excluding hydrogens is 456 g/mol. The van der Waals surface area contributed by atoms with Gasteiger partial charge in [0.2, 0.25) is 5.95 Å². The molecule has 0 radical (unpaired) electrons. The van der Waals surface area contributed by atoms with Crippen molar-refractivity contribution in [3.8, 4) is 0 Å². The molecule has 6 rings (SSSR count). The predicted octanol–water partition coefficient (Wildman–Crippen LogP) is 4.14. The molecule has 3 heterocycles. The number of nitrogens with one attached hydrogen (secondary N) is 1. The maximum absolute atomic E-state index is 12.9. The molecule has 3 atom stereocenters. The molecule has 6 nitrogen and oxygen atoms in total. The second-order valence-electron chi connectivity index (χ2n) is 10.4. The summed E-state index contributed by atoms with van der Waals surface area (Å²) in [4.78, 5) is 13.0. The highest BCUT2D eigenvalue weighted by molar-refractivity contribution is 7.85. The minimum atomic E-state index is -1.08. The Morgan fingerprint density at radius 2 is 1.85 bits per heavy atom. The number of benzene rings is 1. The smallest absolute Gasteiger partial charge is 0.227 e. The number of aryl methyl sites for hydroxylation is 1. The van der Waals surface area contributed by atoms with Crippen LogP contribution in [0, 0.1) is 11.8 Å². The van der Waals surface area contributed by atoms with Gasteiger partial charge in [0.1, 0.15) is 10.7 Å². The van der Waals surface area contributed by atoms with Crippen molar-refractivity contribution in [3.05, 3.63) is 40.5 Å². The van der Waals surface area contributed by atoms with E-state index in [1.807, 2.05) is 12.1 Å². The second-order valence-corrected chi connectivity index (χ2v) is 12.3. The third kappa shape index (κ3) is 3.96. The van der Waals surface area contributed by atoms with Crippen molar-refractivity contribution in [1.82, 2.24) is 9.97 Å². The number of rotatable bonds is 5. The van der Waals surface area contributed by atoms with E-state index in [2.05, 4.69) is 22.3 Å². The van der Waals surface area contributed by atoms with Gasteiger partial charge in [0.05, 0.1) is 28.6 Å². The molecule has 3 fully saturated rings. The molecule has 2 aromatic rings. The fraction of sp³-hybridized carbons (Fsp3) is 0.600. The van der Waals surface area contributed by atoms with Gasteiger partial charge < -0.3 is 15.3 Å². The lowest BCUT2D eigenvalue weighted by molar-refractivity contribution is 0.143. The normalized spacial score (nSPS) is 29.9. The van der Waals surface area contributed by atoms with Crippen LogP contribution in [-0.4, -0.2) is 50.3 Å². The summed E-state index contributed by atoms with van der Waals surface area (Å²) < 4.78 is 12.9. The quantitative estimate of drug-likeness (QED) is 0.661. The van der Waals surface area contributed by atoms with E-state index in [0.717, 1.165) is 66.8 Å². The molecule has 0 amide bonds. The zero-order chi connectivity index (χ0) is 22.6. The van der Waals surface area contributed by atoms with Crippen LogP contribution in [0.4, 0.5) is 11.8 Å². The summed E-state index contributed by atoms with van der Waals surface area (Å²) in [7, 11) is -1.08. The maximum atomic E-state index is 12.9. The Bertz CT molecular complexity index is 1060. The van der Waals surface area contributed by atoms with E-state index in [9.17, 15) is 9.32 Å². The fourth-order valence-electron chi connectivity index (χ4n) is 6.24. The Labute approximate surface area is 202 Å². The van der Waals surface area contributed by atoms with Gasteiger partial charge in [0.15, 0.2) is 0 Å². The van der Waals surface area contributed by atoms with E-state index in [-0.39, 0.29) is 12.1 Å². The van der Waals surface area contributed by atoms with Gasteiger partial charge in [-0.2, -0.15) is 4.98 Å². The Hall–Kier alpha value is -1.70. The van der Waals surface area contributed by atoms with Crippen LogP contribution in [0.3, 0.4) is 0 Å². The van der Waals surface area contributed by atoms with Crippen LogP contribution in [0.15, 0.2) is 29.2 Å². The van der Waals surface area contributed by atoms with E-state index in [1.54, 1.807) is 0 Å². The standard InChI is InChI=1S/C25H31ClN4O2S/c26-20-6-4-16(5-7-20)17-11-18-13-30(14-19(18)12-17)24-27-21-3-1-10-33(32)22(21)23(28-24)29-25(15-31)8-2-9-25/h4-7,17-19,31H,1-3,8-15H2,(H,27,28,29)/t17?,18?,19?,33-/m0/s1. The third-order valence-corrected chi connectivity index (χ3v) is 10.1. The number of fused-ring (bicyclic) bond motifs is 2. The van der Waals surface area contributed by atoms with E-state index in [0.29, 0.717) is 29.3 Å². The predicted molar refractivity (Wildman–Crippen MR) is 132 cm³/mol. The summed E-state index contributed by atoms with van der Waals surface area (Å²) in [5.41, 5.74) is 2.00.